The number of rotatable bonds is 7. The van der Waals surface area contributed by atoms with Crippen LogP contribution in [0, 0.1) is 5.92 Å². The van der Waals surface area contributed by atoms with Gasteiger partial charge in [-0.25, -0.2) is 0 Å². The van der Waals surface area contributed by atoms with Crippen LogP contribution in [-0.4, -0.2) is 63.0 Å². The number of benzene rings is 1. The summed E-state index contributed by atoms with van der Waals surface area (Å²) in [6.45, 7) is 5.89. The average Bonchev–Trinajstić information content (AvgIpc) is 3.07. The van der Waals surface area contributed by atoms with Crippen molar-refractivity contribution < 1.29 is 14.6 Å². The number of nitrogens with zero attached hydrogens (tertiary/aromatic N) is 2. The van der Waals surface area contributed by atoms with E-state index in [9.17, 15) is 5.11 Å². The number of methoxy groups -OCH3 is 2. The number of aliphatic hydroxyl groups is 1. The fourth-order valence-corrected chi connectivity index (χ4v) is 2.93. The molecule has 0 radical (unpaired) electrons. The SMILES string of the molecule is CCNC(=NCC(O)c1ccc(OC)cc1)N1CCC(COC)C1.I. The van der Waals surface area contributed by atoms with E-state index in [2.05, 4.69) is 22.1 Å². The van der Waals surface area contributed by atoms with E-state index in [-0.39, 0.29) is 24.0 Å². The van der Waals surface area contributed by atoms with E-state index in [1.54, 1.807) is 14.2 Å². The smallest absolute Gasteiger partial charge is 0.194 e. The van der Waals surface area contributed by atoms with Crippen LogP contribution in [0.4, 0.5) is 0 Å². The Morgan fingerprint density at radius 2 is 2.08 bits per heavy atom. The molecule has 0 spiro atoms. The van der Waals surface area contributed by atoms with Crippen LogP contribution in [0.15, 0.2) is 29.3 Å². The van der Waals surface area contributed by atoms with Crippen LogP contribution in [0.2, 0.25) is 0 Å². The lowest BCUT2D eigenvalue weighted by molar-refractivity contribution is 0.157. The van der Waals surface area contributed by atoms with E-state index in [0.717, 1.165) is 49.9 Å². The van der Waals surface area contributed by atoms with E-state index in [0.29, 0.717) is 12.5 Å². The first-order chi connectivity index (χ1) is 11.7. The number of aliphatic imine (C=N–C) groups is 1. The summed E-state index contributed by atoms with van der Waals surface area (Å²) in [5.74, 6) is 2.19. The van der Waals surface area contributed by atoms with Crippen molar-refractivity contribution in [3.05, 3.63) is 29.8 Å². The van der Waals surface area contributed by atoms with Crippen molar-refractivity contribution in [3.8, 4) is 5.75 Å². The Bertz CT molecular complexity index is 525. The normalized spacial score (nSPS) is 18.6. The van der Waals surface area contributed by atoms with Crippen LogP contribution in [0.1, 0.15) is 25.0 Å². The second kappa shape index (κ2) is 11.5. The van der Waals surface area contributed by atoms with Gasteiger partial charge in [-0.15, -0.1) is 24.0 Å². The number of guanidine groups is 1. The average molecular weight is 463 g/mol. The third kappa shape index (κ3) is 6.63. The number of hydrogen-bond acceptors (Lipinski definition) is 4. The molecule has 2 rings (SSSR count). The van der Waals surface area contributed by atoms with Crippen molar-refractivity contribution in [1.29, 1.82) is 0 Å². The summed E-state index contributed by atoms with van der Waals surface area (Å²) in [7, 11) is 3.37. The molecule has 142 valence electrons. The topological polar surface area (TPSA) is 66.3 Å². The molecule has 1 aromatic carbocycles. The predicted octanol–water partition coefficient (Wildman–Crippen LogP) is 2.28. The van der Waals surface area contributed by atoms with Crippen molar-refractivity contribution in [2.45, 2.75) is 19.4 Å². The highest BCUT2D eigenvalue weighted by Crippen LogP contribution is 2.19. The highest BCUT2D eigenvalue weighted by molar-refractivity contribution is 14.0. The third-order valence-electron chi connectivity index (χ3n) is 4.24. The first-order valence-electron chi connectivity index (χ1n) is 8.52. The molecular formula is C18H30IN3O3. The monoisotopic (exact) mass is 463 g/mol. The Labute approximate surface area is 167 Å². The summed E-state index contributed by atoms with van der Waals surface area (Å²) in [4.78, 5) is 6.86. The van der Waals surface area contributed by atoms with Gasteiger partial charge in [0.05, 0.1) is 26.4 Å². The van der Waals surface area contributed by atoms with Crippen molar-refractivity contribution in [1.82, 2.24) is 10.2 Å². The summed E-state index contributed by atoms with van der Waals surface area (Å²) in [5.41, 5.74) is 0.842. The molecule has 2 atom stereocenters. The minimum Gasteiger partial charge on any atom is -0.497 e. The van der Waals surface area contributed by atoms with E-state index < -0.39 is 6.10 Å². The molecule has 1 aromatic rings. The molecule has 0 amide bonds. The van der Waals surface area contributed by atoms with E-state index in [1.165, 1.54) is 0 Å². The number of likely N-dealkylation sites (tertiary alicyclic amines) is 1. The number of ether oxygens (including phenoxy) is 2. The van der Waals surface area contributed by atoms with Gasteiger partial charge in [-0.3, -0.25) is 4.99 Å². The quantitative estimate of drug-likeness (QED) is 0.369. The molecule has 1 aliphatic heterocycles. The van der Waals surface area contributed by atoms with Crippen LogP contribution in [0.25, 0.3) is 0 Å². The minimum atomic E-state index is -0.623. The van der Waals surface area contributed by atoms with Crippen LogP contribution < -0.4 is 10.1 Å². The fourth-order valence-electron chi connectivity index (χ4n) is 2.93. The van der Waals surface area contributed by atoms with Gasteiger partial charge in [-0.05, 0) is 31.0 Å². The summed E-state index contributed by atoms with van der Waals surface area (Å²) in [6, 6.07) is 7.44. The Morgan fingerprint density at radius 3 is 2.68 bits per heavy atom. The lowest BCUT2D eigenvalue weighted by atomic mass is 10.1. The molecule has 1 heterocycles. The van der Waals surface area contributed by atoms with Gasteiger partial charge in [0.25, 0.3) is 0 Å². The maximum Gasteiger partial charge on any atom is 0.194 e. The van der Waals surface area contributed by atoms with Crippen LogP contribution in [0.5, 0.6) is 5.75 Å². The van der Waals surface area contributed by atoms with Gasteiger partial charge in [-0.2, -0.15) is 0 Å². The maximum absolute atomic E-state index is 10.4. The first-order valence-corrected chi connectivity index (χ1v) is 8.52. The number of nitrogens with one attached hydrogen (secondary N) is 1. The van der Waals surface area contributed by atoms with Gasteiger partial charge in [-0.1, -0.05) is 12.1 Å². The summed E-state index contributed by atoms with van der Waals surface area (Å²) in [5, 5.41) is 13.7. The molecule has 2 N–H and O–H groups in total. The van der Waals surface area contributed by atoms with Gasteiger partial charge in [0.15, 0.2) is 5.96 Å². The van der Waals surface area contributed by atoms with Crippen molar-refractivity contribution in [2.75, 3.05) is 47.0 Å². The van der Waals surface area contributed by atoms with E-state index >= 15 is 0 Å². The highest BCUT2D eigenvalue weighted by atomic mass is 127. The standard InChI is InChI=1S/C18H29N3O3.HI/c1-4-19-18(21-10-9-14(12-21)13-23-2)20-11-17(22)15-5-7-16(24-3)8-6-15;/h5-8,14,17,22H,4,9-13H2,1-3H3,(H,19,20);1H. The maximum atomic E-state index is 10.4. The Hall–Kier alpha value is -1.06. The molecule has 2 unspecified atom stereocenters. The Balaban J connectivity index is 0.00000312. The van der Waals surface area contributed by atoms with Crippen molar-refractivity contribution >= 4 is 29.9 Å². The molecule has 0 bridgehead atoms. The lowest BCUT2D eigenvalue weighted by Gasteiger charge is -2.22. The fraction of sp³-hybridized carbons (Fsp3) is 0.611. The van der Waals surface area contributed by atoms with Gasteiger partial charge < -0.3 is 24.8 Å². The second-order valence-corrected chi connectivity index (χ2v) is 6.04. The zero-order valence-corrected chi connectivity index (χ0v) is 17.6. The lowest BCUT2D eigenvalue weighted by Crippen LogP contribution is -2.40. The predicted molar refractivity (Wildman–Crippen MR) is 111 cm³/mol. The largest absolute Gasteiger partial charge is 0.497 e. The number of aliphatic hydroxyl groups excluding tert-OH is 1. The number of hydrogen-bond donors (Lipinski definition) is 2. The van der Waals surface area contributed by atoms with Crippen LogP contribution in [-0.2, 0) is 4.74 Å². The molecule has 0 aliphatic carbocycles. The zero-order chi connectivity index (χ0) is 17.4. The zero-order valence-electron chi connectivity index (χ0n) is 15.3. The van der Waals surface area contributed by atoms with Crippen molar-refractivity contribution in [3.63, 3.8) is 0 Å². The molecule has 6 nitrogen and oxygen atoms in total. The Kier molecular flexibility index (Phi) is 10.1. The number of halogens is 1. The van der Waals surface area contributed by atoms with E-state index in [4.69, 9.17) is 9.47 Å². The molecule has 1 aliphatic rings. The van der Waals surface area contributed by atoms with Gasteiger partial charge in [0.2, 0.25) is 0 Å². The van der Waals surface area contributed by atoms with Crippen LogP contribution in [0.3, 0.4) is 0 Å². The van der Waals surface area contributed by atoms with Crippen molar-refractivity contribution in [2.24, 2.45) is 10.9 Å². The highest BCUT2D eigenvalue weighted by Gasteiger charge is 2.24. The molecule has 0 saturated carbocycles. The van der Waals surface area contributed by atoms with Gasteiger partial charge in [0.1, 0.15) is 5.75 Å². The minimum absolute atomic E-state index is 0. The molecule has 7 heteroatoms. The van der Waals surface area contributed by atoms with Gasteiger partial charge >= 0.3 is 0 Å². The molecule has 1 saturated heterocycles. The van der Waals surface area contributed by atoms with Gasteiger partial charge in [0, 0.05) is 32.7 Å². The third-order valence-corrected chi connectivity index (χ3v) is 4.24. The molecule has 0 aromatic heterocycles. The Morgan fingerprint density at radius 1 is 1.36 bits per heavy atom. The second-order valence-electron chi connectivity index (χ2n) is 6.04. The summed E-state index contributed by atoms with van der Waals surface area (Å²) in [6.07, 6.45) is 0.487. The molecule has 25 heavy (non-hydrogen) atoms. The van der Waals surface area contributed by atoms with Crippen LogP contribution >= 0.6 is 24.0 Å². The molecular weight excluding hydrogens is 433 g/mol. The first kappa shape index (κ1) is 22.0. The summed E-state index contributed by atoms with van der Waals surface area (Å²) < 4.78 is 10.4. The van der Waals surface area contributed by atoms with E-state index in [1.807, 2.05) is 24.3 Å². The molecule has 1 fully saturated rings. The summed E-state index contributed by atoms with van der Waals surface area (Å²) >= 11 is 0.